The molecule has 0 spiro atoms. The molecular formula is C24H31F3N4O. The summed E-state index contributed by atoms with van der Waals surface area (Å²) in [5, 5.41) is 3.69. The number of likely N-dealkylation sites (tertiary alicyclic amines) is 1. The monoisotopic (exact) mass is 448 g/mol. The van der Waals surface area contributed by atoms with Gasteiger partial charge in [-0.2, -0.15) is 13.2 Å². The summed E-state index contributed by atoms with van der Waals surface area (Å²) in [6.45, 7) is 7.51. The number of aromatic nitrogens is 1. The Bertz CT molecular complexity index is 985. The van der Waals surface area contributed by atoms with Gasteiger partial charge in [-0.3, -0.25) is 9.78 Å². The van der Waals surface area contributed by atoms with Crippen molar-refractivity contribution in [2.45, 2.75) is 45.3 Å². The van der Waals surface area contributed by atoms with Crippen LogP contribution >= 0.6 is 0 Å². The van der Waals surface area contributed by atoms with Crippen LogP contribution in [0, 0.1) is 11.3 Å². The summed E-state index contributed by atoms with van der Waals surface area (Å²) < 4.78 is 40.3. The largest absolute Gasteiger partial charge is 0.418 e. The third kappa shape index (κ3) is 4.70. The van der Waals surface area contributed by atoms with E-state index in [2.05, 4.69) is 41.0 Å². The molecule has 1 amide bonds. The number of carbonyl (C=O) groups excluding carboxylic acids is 1. The standard InChI is InChI=1S/C24H31F3N4O/c1-16-14-31(15-19(16)29-21(32)13-23(2)8-11-30(3)12-9-23)20-7-6-18(24(25,26)27)22-17(20)5-4-10-28-22/h4-7,10,16,19H,8-9,11-15H2,1-3H3,(H,29,32)/t16-,19?/m1/s1. The average Bonchev–Trinajstić information content (AvgIpc) is 3.08. The number of amides is 1. The molecule has 1 aromatic carbocycles. The van der Waals surface area contributed by atoms with E-state index >= 15 is 0 Å². The number of piperidine rings is 1. The summed E-state index contributed by atoms with van der Waals surface area (Å²) in [4.78, 5) is 21.2. The number of benzene rings is 1. The molecule has 4 rings (SSSR count). The fraction of sp³-hybridized carbons (Fsp3) is 0.583. The fourth-order valence-electron chi connectivity index (χ4n) is 4.99. The summed E-state index contributed by atoms with van der Waals surface area (Å²) in [5.74, 6) is 0.257. The van der Waals surface area contributed by atoms with Gasteiger partial charge in [0.15, 0.2) is 0 Å². The van der Waals surface area contributed by atoms with Crippen LogP contribution in [0.25, 0.3) is 10.9 Å². The van der Waals surface area contributed by atoms with E-state index in [4.69, 9.17) is 0 Å². The number of pyridine rings is 1. The molecule has 1 unspecified atom stereocenters. The smallest absolute Gasteiger partial charge is 0.369 e. The van der Waals surface area contributed by atoms with Crippen molar-refractivity contribution in [2.75, 3.05) is 38.1 Å². The predicted molar refractivity (Wildman–Crippen MR) is 120 cm³/mol. The number of nitrogens with zero attached hydrogens (tertiary/aromatic N) is 3. The van der Waals surface area contributed by atoms with Gasteiger partial charge in [0, 0.05) is 36.8 Å². The van der Waals surface area contributed by atoms with Crippen LogP contribution in [0.15, 0.2) is 30.5 Å². The van der Waals surface area contributed by atoms with Crippen LogP contribution in [0.3, 0.4) is 0 Å². The topological polar surface area (TPSA) is 48.5 Å². The predicted octanol–water partition coefficient (Wildman–Crippen LogP) is 4.32. The molecule has 8 heteroatoms. The zero-order valence-electron chi connectivity index (χ0n) is 18.9. The Kier molecular flexibility index (Phi) is 6.09. The maximum atomic E-state index is 13.4. The minimum atomic E-state index is -4.45. The van der Waals surface area contributed by atoms with Crippen LogP contribution in [-0.4, -0.2) is 55.1 Å². The highest BCUT2D eigenvalue weighted by molar-refractivity contribution is 5.94. The molecule has 5 nitrogen and oxygen atoms in total. The van der Waals surface area contributed by atoms with E-state index in [0.29, 0.717) is 24.9 Å². The molecule has 3 heterocycles. The zero-order valence-corrected chi connectivity index (χ0v) is 18.9. The first-order valence-electron chi connectivity index (χ1n) is 11.2. The van der Waals surface area contributed by atoms with Crippen LogP contribution in [0.1, 0.15) is 38.7 Å². The van der Waals surface area contributed by atoms with E-state index < -0.39 is 11.7 Å². The minimum Gasteiger partial charge on any atom is -0.369 e. The van der Waals surface area contributed by atoms with Crippen molar-refractivity contribution in [1.29, 1.82) is 0 Å². The summed E-state index contributed by atoms with van der Waals surface area (Å²) >= 11 is 0. The average molecular weight is 449 g/mol. The first-order chi connectivity index (χ1) is 15.1. The number of rotatable bonds is 4. The highest BCUT2D eigenvalue weighted by atomic mass is 19.4. The molecule has 32 heavy (non-hydrogen) atoms. The van der Waals surface area contributed by atoms with Crippen molar-refractivity contribution in [2.24, 2.45) is 11.3 Å². The number of hydrogen-bond donors (Lipinski definition) is 1. The molecule has 0 radical (unpaired) electrons. The van der Waals surface area contributed by atoms with E-state index in [1.807, 2.05) is 0 Å². The van der Waals surface area contributed by atoms with E-state index in [1.165, 1.54) is 12.3 Å². The number of halogens is 3. The molecule has 2 saturated heterocycles. The molecule has 2 aliphatic rings. The third-order valence-corrected chi connectivity index (χ3v) is 7.13. The lowest BCUT2D eigenvalue weighted by Crippen LogP contribution is -2.44. The molecular weight excluding hydrogens is 417 g/mol. The number of fused-ring (bicyclic) bond motifs is 1. The first-order valence-corrected chi connectivity index (χ1v) is 11.2. The summed E-state index contributed by atoms with van der Waals surface area (Å²) in [6, 6.07) is 5.95. The summed E-state index contributed by atoms with van der Waals surface area (Å²) in [7, 11) is 2.11. The van der Waals surface area contributed by atoms with Crippen molar-refractivity contribution in [1.82, 2.24) is 15.2 Å². The molecule has 0 saturated carbocycles. The van der Waals surface area contributed by atoms with E-state index in [9.17, 15) is 18.0 Å². The minimum absolute atomic E-state index is 0.0213. The molecule has 1 aromatic heterocycles. The van der Waals surface area contributed by atoms with Crippen LogP contribution in [0.2, 0.25) is 0 Å². The molecule has 2 aromatic rings. The van der Waals surface area contributed by atoms with Gasteiger partial charge in [0.2, 0.25) is 5.91 Å². The molecule has 174 valence electrons. The van der Waals surface area contributed by atoms with Crippen LogP contribution in [0.5, 0.6) is 0 Å². The van der Waals surface area contributed by atoms with Crippen LogP contribution < -0.4 is 10.2 Å². The highest BCUT2D eigenvalue weighted by Gasteiger charge is 2.37. The van der Waals surface area contributed by atoms with Gasteiger partial charge in [-0.15, -0.1) is 0 Å². The lowest BCUT2D eigenvalue weighted by atomic mass is 9.77. The zero-order chi connectivity index (χ0) is 23.1. The van der Waals surface area contributed by atoms with Gasteiger partial charge in [-0.1, -0.05) is 13.8 Å². The second-order valence-electron chi connectivity index (χ2n) is 9.88. The van der Waals surface area contributed by atoms with Gasteiger partial charge >= 0.3 is 6.18 Å². The van der Waals surface area contributed by atoms with Gasteiger partial charge < -0.3 is 15.1 Å². The van der Waals surface area contributed by atoms with Crippen LogP contribution in [0.4, 0.5) is 18.9 Å². The summed E-state index contributed by atoms with van der Waals surface area (Å²) in [6.07, 6.45) is -0.538. The van der Waals surface area contributed by atoms with Crippen molar-refractivity contribution < 1.29 is 18.0 Å². The van der Waals surface area contributed by atoms with E-state index in [1.54, 1.807) is 12.1 Å². The second kappa shape index (κ2) is 8.54. The normalized spacial score (nSPS) is 24.1. The Morgan fingerprint density at radius 3 is 2.62 bits per heavy atom. The lowest BCUT2D eigenvalue weighted by Gasteiger charge is -2.37. The van der Waals surface area contributed by atoms with Gasteiger partial charge in [-0.05, 0) is 68.6 Å². The quantitative estimate of drug-likeness (QED) is 0.757. The lowest BCUT2D eigenvalue weighted by molar-refractivity contribution is -0.136. The third-order valence-electron chi connectivity index (χ3n) is 7.13. The van der Waals surface area contributed by atoms with E-state index in [-0.39, 0.29) is 28.8 Å². The molecule has 1 N–H and O–H groups in total. The Morgan fingerprint density at radius 2 is 1.94 bits per heavy atom. The van der Waals surface area contributed by atoms with Crippen molar-refractivity contribution in [3.8, 4) is 0 Å². The number of nitrogens with one attached hydrogen (secondary N) is 1. The maximum absolute atomic E-state index is 13.4. The Morgan fingerprint density at radius 1 is 1.22 bits per heavy atom. The van der Waals surface area contributed by atoms with Crippen molar-refractivity contribution in [3.05, 3.63) is 36.0 Å². The van der Waals surface area contributed by atoms with Crippen molar-refractivity contribution in [3.63, 3.8) is 0 Å². The Labute approximate surface area is 187 Å². The molecule has 2 atom stereocenters. The Hall–Kier alpha value is -2.35. The van der Waals surface area contributed by atoms with E-state index in [0.717, 1.165) is 37.7 Å². The molecule has 0 aliphatic carbocycles. The number of carbonyl (C=O) groups is 1. The van der Waals surface area contributed by atoms with Gasteiger partial charge in [0.05, 0.1) is 17.1 Å². The molecule has 0 bridgehead atoms. The SMILES string of the molecule is C[C@@H]1CN(c2ccc(C(F)(F)F)c3ncccc23)CC1NC(=O)CC1(C)CCN(C)CC1. The van der Waals surface area contributed by atoms with Gasteiger partial charge in [0.25, 0.3) is 0 Å². The summed E-state index contributed by atoms with van der Waals surface area (Å²) in [5.41, 5.74) is -0.00641. The number of alkyl halides is 3. The number of hydrogen-bond acceptors (Lipinski definition) is 4. The maximum Gasteiger partial charge on any atom is 0.418 e. The second-order valence-corrected chi connectivity index (χ2v) is 9.88. The van der Waals surface area contributed by atoms with Gasteiger partial charge in [0.1, 0.15) is 0 Å². The Balaban J connectivity index is 1.48. The fourth-order valence-corrected chi connectivity index (χ4v) is 4.99. The highest BCUT2D eigenvalue weighted by Crippen LogP contribution is 2.39. The number of anilines is 1. The molecule has 2 fully saturated rings. The van der Waals surface area contributed by atoms with Crippen LogP contribution in [-0.2, 0) is 11.0 Å². The van der Waals surface area contributed by atoms with Gasteiger partial charge in [-0.25, -0.2) is 0 Å². The van der Waals surface area contributed by atoms with Crippen molar-refractivity contribution >= 4 is 22.5 Å². The first kappa shape index (κ1) is 22.8. The molecule has 2 aliphatic heterocycles.